The number of rotatable bonds is 1. The van der Waals surface area contributed by atoms with Gasteiger partial charge in [-0.2, -0.15) is 5.10 Å². The zero-order valence-corrected chi connectivity index (χ0v) is 12.4. The predicted molar refractivity (Wildman–Crippen MR) is 73.0 cm³/mol. The second-order valence-electron chi connectivity index (χ2n) is 6.18. The van der Waals surface area contributed by atoms with E-state index in [1.807, 2.05) is 20.0 Å². The van der Waals surface area contributed by atoms with Gasteiger partial charge in [-0.25, -0.2) is 9.69 Å². The zero-order chi connectivity index (χ0) is 14.5. The molecule has 1 aromatic heterocycles. The van der Waals surface area contributed by atoms with E-state index in [2.05, 4.69) is 25.9 Å². The zero-order valence-electron chi connectivity index (χ0n) is 12.4. The van der Waals surface area contributed by atoms with Crippen LogP contribution in [0.3, 0.4) is 0 Å². The number of amides is 2. The van der Waals surface area contributed by atoms with Gasteiger partial charge in [0.15, 0.2) is 12.0 Å². The maximum atomic E-state index is 12.1. The maximum absolute atomic E-state index is 12.1. The molecule has 1 saturated heterocycles. The van der Waals surface area contributed by atoms with Gasteiger partial charge in [0.1, 0.15) is 0 Å². The molecule has 19 heavy (non-hydrogen) atoms. The Labute approximate surface area is 113 Å². The fourth-order valence-corrected chi connectivity index (χ4v) is 2.38. The van der Waals surface area contributed by atoms with Gasteiger partial charge in [-0.1, -0.05) is 20.8 Å². The van der Waals surface area contributed by atoms with Crippen LogP contribution in [0.5, 0.6) is 0 Å². The van der Waals surface area contributed by atoms with Crippen molar-refractivity contribution in [1.29, 1.82) is 0 Å². The minimum atomic E-state index is -0.861. The summed E-state index contributed by atoms with van der Waals surface area (Å²) < 4.78 is 1.76. The highest BCUT2D eigenvalue weighted by molar-refractivity contribution is 5.94. The Hall–Kier alpha value is -1.56. The van der Waals surface area contributed by atoms with E-state index in [1.54, 1.807) is 11.7 Å². The highest BCUT2D eigenvalue weighted by atomic mass is 16.3. The minimum Gasteiger partial charge on any atom is -0.371 e. The first-order valence-corrected chi connectivity index (χ1v) is 6.43. The maximum Gasteiger partial charge on any atom is 0.328 e. The van der Waals surface area contributed by atoms with Crippen LogP contribution in [0, 0.1) is 0 Å². The summed E-state index contributed by atoms with van der Waals surface area (Å²) in [6, 6.07) is 1.40. The molecule has 0 saturated carbocycles. The van der Waals surface area contributed by atoms with E-state index in [9.17, 15) is 9.90 Å². The second kappa shape index (κ2) is 4.23. The molecule has 0 radical (unpaired) electrons. The molecule has 2 rings (SSSR count). The van der Waals surface area contributed by atoms with Crippen LogP contribution in [-0.4, -0.2) is 45.1 Å². The third-order valence-electron chi connectivity index (χ3n) is 3.70. The SMILES string of the molecule is CC1C(O)N(c2cc(C(C)(C)C)n(C)n2)C(=O)N1C. The highest BCUT2D eigenvalue weighted by Gasteiger charge is 2.42. The molecule has 1 aromatic rings. The molecule has 0 aliphatic carbocycles. The number of carbonyl (C=O) groups is 1. The molecule has 2 atom stereocenters. The number of aliphatic hydroxyl groups excluding tert-OH is 1. The molecule has 2 heterocycles. The Morgan fingerprint density at radius 2 is 1.89 bits per heavy atom. The lowest BCUT2D eigenvalue weighted by molar-refractivity contribution is 0.138. The van der Waals surface area contributed by atoms with Crippen molar-refractivity contribution >= 4 is 11.8 Å². The monoisotopic (exact) mass is 266 g/mol. The molecule has 1 N–H and O–H groups in total. The first kappa shape index (κ1) is 13.9. The molecule has 1 aliphatic heterocycles. The Balaban J connectivity index is 2.41. The van der Waals surface area contributed by atoms with Crippen LogP contribution < -0.4 is 4.90 Å². The van der Waals surface area contributed by atoms with E-state index in [1.165, 1.54) is 9.80 Å². The number of carbonyl (C=O) groups excluding carboxylic acids is 1. The molecule has 106 valence electrons. The van der Waals surface area contributed by atoms with E-state index in [0.29, 0.717) is 5.82 Å². The summed E-state index contributed by atoms with van der Waals surface area (Å²) in [6.45, 7) is 8.08. The average molecular weight is 266 g/mol. The normalized spacial score (nSPS) is 24.5. The lowest BCUT2D eigenvalue weighted by Gasteiger charge is -2.18. The molecular weight excluding hydrogens is 244 g/mol. The van der Waals surface area contributed by atoms with Gasteiger partial charge in [0.25, 0.3) is 0 Å². The van der Waals surface area contributed by atoms with Gasteiger partial charge in [-0.3, -0.25) is 4.68 Å². The molecule has 2 unspecified atom stereocenters. The molecule has 0 bridgehead atoms. The van der Waals surface area contributed by atoms with Crippen LogP contribution >= 0.6 is 0 Å². The smallest absolute Gasteiger partial charge is 0.328 e. The first-order valence-electron chi connectivity index (χ1n) is 6.43. The molecule has 1 fully saturated rings. The van der Waals surface area contributed by atoms with Crippen LogP contribution in [0.1, 0.15) is 33.4 Å². The Morgan fingerprint density at radius 1 is 1.32 bits per heavy atom. The van der Waals surface area contributed by atoms with Crippen molar-refractivity contribution < 1.29 is 9.90 Å². The molecule has 1 aliphatic rings. The lowest BCUT2D eigenvalue weighted by Crippen LogP contribution is -2.35. The number of aryl methyl sites for hydroxylation is 1. The summed E-state index contributed by atoms with van der Waals surface area (Å²) in [4.78, 5) is 15.0. The first-order chi connectivity index (χ1) is 8.64. The van der Waals surface area contributed by atoms with Crippen molar-refractivity contribution in [2.75, 3.05) is 11.9 Å². The summed E-state index contributed by atoms with van der Waals surface area (Å²) in [6.07, 6.45) is -0.861. The van der Waals surface area contributed by atoms with E-state index < -0.39 is 6.23 Å². The fraction of sp³-hybridized carbons (Fsp3) is 0.692. The number of hydrogen-bond donors (Lipinski definition) is 1. The predicted octanol–water partition coefficient (Wildman–Crippen LogP) is 1.30. The van der Waals surface area contributed by atoms with Gasteiger partial charge in [-0.05, 0) is 6.92 Å². The van der Waals surface area contributed by atoms with E-state index in [4.69, 9.17) is 0 Å². The second-order valence-corrected chi connectivity index (χ2v) is 6.18. The summed E-state index contributed by atoms with van der Waals surface area (Å²) in [7, 11) is 3.54. The van der Waals surface area contributed by atoms with Gasteiger partial charge in [0.05, 0.1) is 6.04 Å². The van der Waals surface area contributed by atoms with Crippen molar-refractivity contribution in [3.05, 3.63) is 11.8 Å². The average Bonchev–Trinajstić information content (AvgIpc) is 2.75. The fourth-order valence-electron chi connectivity index (χ4n) is 2.38. The van der Waals surface area contributed by atoms with Gasteiger partial charge in [0, 0.05) is 31.3 Å². The third-order valence-corrected chi connectivity index (χ3v) is 3.70. The van der Waals surface area contributed by atoms with Crippen LogP contribution in [0.2, 0.25) is 0 Å². The van der Waals surface area contributed by atoms with Gasteiger partial charge in [-0.15, -0.1) is 0 Å². The summed E-state index contributed by atoms with van der Waals surface area (Å²) >= 11 is 0. The topological polar surface area (TPSA) is 61.6 Å². The largest absolute Gasteiger partial charge is 0.371 e. The van der Waals surface area contributed by atoms with E-state index in [-0.39, 0.29) is 17.5 Å². The minimum absolute atomic E-state index is 0.0642. The number of urea groups is 1. The Kier molecular flexibility index (Phi) is 3.09. The standard InChI is InChI=1S/C13H22N4O2/c1-8-11(18)17(12(19)15(8)5)10-7-9(13(2,3)4)16(6)14-10/h7-8,11,18H,1-6H3. The van der Waals surface area contributed by atoms with Gasteiger partial charge >= 0.3 is 6.03 Å². The Bertz CT molecular complexity index is 503. The molecule has 6 nitrogen and oxygen atoms in total. The number of aromatic nitrogens is 2. The third kappa shape index (κ3) is 2.10. The molecule has 6 heteroatoms. The van der Waals surface area contributed by atoms with Crippen LogP contribution in [0.25, 0.3) is 0 Å². The van der Waals surface area contributed by atoms with Crippen LogP contribution in [0.4, 0.5) is 10.6 Å². The number of nitrogens with zero attached hydrogens (tertiary/aromatic N) is 4. The quantitative estimate of drug-likeness (QED) is 0.833. The number of anilines is 1. The highest BCUT2D eigenvalue weighted by Crippen LogP contribution is 2.30. The number of aliphatic hydroxyl groups is 1. The number of likely N-dealkylation sites (N-methyl/N-ethyl adjacent to an activating group) is 1. The van der Waals surface area contributed by atoms with E-state index in [0.717, 1.165) is 5.69 Å². The summed E-state index contributed by atoms with van der Waals surface area (Å²) in [5, 5.41) is 14.5. The Morgan fingerprint density at radius 3 is 2.26 bits per heavy atom. The van der Waals surface area contributed by atoms with Crippen molar-refractivity contribution in [2.24, 2.45) is 7.05 Å². The van der Waals surface area contributed by atoms with Gasteiger partial charge < -0.3 is 10.0 Å². The molecular formula is C13H22N4O2. The van der Waals surface area contributed by atoms with Crippen LogP contribution in [0.15, 0.2) is 6.07 Å². The lowest BCUT2D eigenvalue weighted by atomic mass is 9.92. The van der Waals surface area contributed by atoms with Crippen molar-refractivity contribution in [3.63, 3.8) is 0 Å². The van der Waals surface area contributed by atoms with Crippen molar-refractivity contribution in [3.8, 4) is 0 Å². The molecule has 0 spiro atoms. The molecule has 2 amide bonds. The van der Waals surface area contributed by atoms with Crippen LogP contribution in [-0.2, 0) is 12.5 Å². The summed E-state index contributed by atoms with van der Waals surface area (Å²) in [5.74, 6) is 0.501. The van der Waals surface area contributed by atoms with Crippen molar-refractivity contribution in [1.82, 2.24) is 14.7 Å². The summed E-state index contributed by atoms with van der Waals surface area (Å²) in [5.41, 5.74) is 0.954. The van der Waals surface area contributed by atoms with E-state index >= 15 is 0 Å². The van der Waals surface area contributed by atoms with Crippen molar-refractivity contribution in [2.45, 2.75) is 45.4 Å². The number of hydrogen-bond acceptors (Lipinski definition) is 3. The molecule has 0 aromatic carbocycles. The van der Waals surface area contributed by atoms with Gasteiger partial charge in [0.2, 0.25) is 0 Å².